The van der Waals surface area contributed by atoms with Crippen molar-refractivity contribution in [1.82, 2.24) is 4.98 Å². The number of ether oxygens (including phenoxy) is 1. The molecule has 0 saturated heterocycles. The van der Waals surface area contributed by atoms with Crippen molar-refractivity contribution >= 4 is 34.4 Å². The second kappa shape index (κ2) is 6.79. The molecule has 0 aliphatic rings. The number of aryl methyl sites for hydroxylation is 1. The normalized spacial score (nSPS) is 13.1. The Kier molecular flexibility index (Phi) is 5.19. The predicted octanol–water partition coefficient (Wildman–Crippen LogP) is 4.12. The van der Waals surface area contributed by atoms with Crippen molar-refractivity contribution in [3.05, 3.63) is 35.5 Å². The summed E-state index contributed by atoms with van der Waals surface area (Å²) in [5.41, 5.74) is 2.31. The molecular weight excluding hydrogens is 310 g/mol. The van der Waals surface area contributed by atoms with Crippen LogP contribution in [0.3, 0.4) is 0 Å². The van der Waals surface area contributed by atoms with Crippen molar-refractivity contribution in [2.45, 2.75) is 45.5 Å². The standard InChI is InChI=1S/C18H23NO3S/c1-11-16(13-8-6-7-9-14(13)19-11)17(21)12(2)22-15(20)10-23-18(3,4)5/h6-9,12,19H,10H2,1-5H3/t12-/m0/s1. The Hall–Kier alpha value is -1.75. The number of nitrogens with one attached hydrogen (secondary N) is 1. The number of fused-ring (bicyclic) bond motifs is 1. The fourth-order valence-corrected chi connectivity index (χ4v) is 2.98. The number of benzene rings is 1. The van der Waals surface area contributed by atoms with Gasteiger partial charge in [0.2, 0.25) is 5.78 Å². The molecule has 124 valence electrons. The van der Waals surface area contributed by atoms with Gasteiger partial charge in [-0.05, 0) is 19.9 Å². The summed E-state index contributed by atoms with van der Waals surface area (Å²) >= 11 is 1.51. The first-order chi connectivity index (χ1) is 10.7. The number of aromatic nitrogens is 1. The summed E-state index contributed by atoms with van der Waals surface area (Å²) < 4.78 is 5.30. The summed E-state index contributed by atoms with van der Waals surface area (Å²) in [5.74, 6) is -0.286. The number of Topliss-reactive ketones (excluding diaryl/α,β-unsaturated/α-hetero) is 1. The number of H-pyrrole nitrogens is 1. The van der Waals surface area contributed by atoms with Crippen LogP contribution in [-0.2, 0) is 9.53 Å². The molecule has 0 unspecified atom stereocenters. The SMILES string of the molecule is Cc1[nH]c2ccccc2c1C(=O)[C@H](C)OC(=O)CSC(C)(C)C. The van der Waals surface area contributed by atoms with Crippen LogP contribution in [0.1, 0.15) is 43.7 Å². The molecule has 0 spiro atoms. The summed E-state index contributed by atoms with van der Waals surface area (Å²) in [6, 6.07) is 7.63. The lowest BCUT2D eigenvalue weighted by atomic mass is 10.0. The van der Waals surface area contributed by atoms with Crippen molar-refractivity contribution in [3.8, 4) is 0 Å². The number of hydrogen-bond donors (Lipinski definition) is 1. The molecule has 0 amide bonds. The maximum atomic E-state index is 12.7. The van der Waals surface area contributed by atoms with E-state index < -0.39 is 6.10 Å². The van der Waals surface area contributed by atoms with Crippen molar-refractivity contribution in [1.29, 1.82) is 0 Å². The Labute approximate surface area is 141 Å². The Bertz CT molecular complexity index is 727. The number of esters is 1. The van der Waals surface area contributed by atoms with Gasteiger partial charge in [-0.3, -0.25) is 9.59 Å². The number of carbonyl (C=O) groups excluding carboxylic acids is 2. The average Bonchev–Trinajstić information content (AvgIpc) is 2.79. The van der Waals surface area contributed by atoms with Crippen molar-refractivity contribution < 1.29 is 14.3 Å². The van der Waals surface area contributed by atoms with Gasteiger partial charge in [-0.2, -0.15) is 0 Å². The minimum absolute atomic E-state index is 0.0142. The van der Waals surface area contributed by atoms with Gasteiger partial charge in [0.1, 0.15) is 0 Å². The van der Waals surface area contributed by atoms with Crippen LogP contribution in [0.4, 0.5) is 0 Å². The van der Waals surface area contributed by atoms with Gasteiger partial charge in [0.15, 0.2) is 6.10 Å². The highest BCUT2D eigenvalue weighted by molar-refractivity contribution is 8.01. The summed E-state index contributed by atoms with van der Waals surface area (Å²) in [7, 11) is 0. The first-order valence-electron chi connectivity index (χ1n) is 7.64. The topological polar surface area (TPSA) is 59.2 Å². The number of carbonyl (C=O) groups is 2. The van der Waals surface area contributed by atoms with Crippen LogP contribution in [0.2, 0.25) is 0 Å². The molecule has 0 aliphatic carbocycles. The Morgan fingerprint density at radius 2 is 1.91 bits per heavy atom. The van der Waals surface area contributed by atoms with E-state index in [-0.39, 0.29) is 22.3 Å². The molecule has 23 heavy (non-hydrogen) atoms. The quantitative estimate of drug-likeness (QED) is 0.660. The van der Waals surface area contributed by atoms with Crippen LogP contribution in [0.25, 0.3) is 10.9 Å². The minimum atomic E-state index is -0.791. The summed E-state index contributed by atoms with van der Waals surface area (Å²) in [5, 5.41) is 0.863. The van der Waals surface area contributed by atoms with Gasteiger partial charge in [0.25, 0.3) is 0 Å². The van der Waals surface area contributed by atoms with Gasteiger partial charge >= 0.3 is 5.97 Å². The lowest BCUT2D eigenvalue weighted by molar-refractivity contribution is -0.143. The van der Waals surface area contributed by atoms with Crippen molar-refractivity contribution in [3.63, 3.8) is 0 Å². The van der Waals surface area contributed by atoms with E-state index in [1.165, 1.54) is 11.8 Å². The van der Waals surface area contributed by atoms with Gasteiger partial charge in [-0.25, -0.2) is 0 Å². The third-order valence-electron chi connectivity index (χ3n) is 3.44. The fraction of sp³-hybridized carbons (Fsp3) is 0.444. The highest BCUT2D eigenvalue weighted by Gasteiger charge is 2.25. The van der Waals surface area contributed by atoms with Gasteiger partial charge in [-0.15, -0.1) is 11.8 Å². The molecule has 1 aromatic heterocycles. The molecule has 1 atom stereocenters. The van der Waals surface area contributed by atoms with Crippen LogP contribution in [0.5, 0.6) is 0 Å². The maximum Gasteiger partial charge on any atom is 0.316 e. The van der Waals surface area contributed by atoms with Crippen molar-refractivity contribution in [2.75, 3.05) is 5.75 Å². The molecule has 0 aliphatic heterocycles. The van der Waals surface area contributed by atoms with Crippen LogP contribution >= 0.6 is 11.8 Å². The van der Waals surface area contributed by atoms with E-state index in [9.17, 15) is 9.59 Å². The molecule has 0 saturated carbocycles. The zero-order valence-corrected chi connectivity index (χ0v) is 15.0. The second-order valence-electron chi connectivity index (χ2n) is 6.57. The largest absolute Gasteiger partial charge is 0.454 e. The van der Waals surface area contributed by atoms with E-state index >= 15 is 0 Å². The maximum absolute atomic E-state index is 12.7. The van der Waals surface area contributed by atoms with Gasteiger partial charge in [-0.1, -0.05) is 39.0 Å². The third kappa shape index (κ3) is 4.38. The molecular formula is C18H23NO3S. The van der Waals surface area contributed by atoms with Crippen LogP contribution in [0, 0.1) is 6.92 Å². The van der Waals surface area contributed by atoms with Crippen LogP contribution in [-0.4, -0.2) is 33.3 Å². The van der Waals surface area contributed by atoms with Crippen LogP contribution < -0.4 is 0 Å². The molecule has 5 heteroatoms. The smallest absolute Gasteiger partial charge is 0.316 e. The molecule has 4 nitrogen and oxygen atoms in total. The number of thioether (sulfide) groups is 1. The fourth-order valence-electron chi connectivity index (χ4n) is 2.36. The van der Waals surface area contributed by atoms with Crippen LogP contribution in [0.15, 0.2) is 24.3 Å². The molecule has 0 fully saturated rings. The van der Waals surface area contributed by atoms with Gasteiger partial charge in [0, 0.05) is 26.9 Å². The highest BCUT2D eigenvalue weighted by atomic mass is 32.2. The molecule has 2 rings (SSSR count). The summed E-state index contributed by atoms with van der Waals surface area (Å²) in [6.45, 7) is 9.60. The monoisotopic (exact) mass is 333 g/mol. The van der Waals surface area contributed by atoms with E-state index in [0.717, 1.165) is 16.6 Å². The summed E-state index contributed by atoms with van der Waals surface area (Å²) in [6.07, 6.45) is -0.791. The first-order valence-corrected chi connectivity index (χ1v) is 8.62. The molecule has 2 aromatic rings. The minimum Gasteiger partial charge on any atom is -0.454 e. The predicted molar refractivity (Wildman–Crippen MR) is 95.1 cm³/mol. The third-order valence-corrected chi connectivity index (χ3v) is 4.69. The highest BCUT2D eigenvalue weighted by Crippen LogP contribution is 2.25. The lowest BCUT2D eigenvalue weighted by Crippen LogP contribution is -2.26. The number of hydrogen-bond acceptors (Lipinski definition) is 4. The van der Waals surface area contributed by atoms with E-state index in [0.29, 0.717) is 5.56 Å². The Morgan fingerprint density at radius 3 is 2.57 bits per heavy atom. The van der Waals surface area contributed by atoms with E-state index in [1.54, 1.807) is 6.92 Å². The zero-order chi connectivity index (χ0) is 17.2. The van der Waals surface area contributed by atoms with Gasteiger partial charge in [0.05, 0.1) is 5.75 Å². The van der Waals surface area contributed by atoms with Gasteiger partial charge < -0.3 is 9.72 Å². The number of ketones is 1. The number of rotatable bonds is 5. The first kappa shape index (κ1) is 17.6. The zero-order valence-electron chi connectivity index (χ0n) is 14.2. The molecule has 1 heterocycles. The summed E-state index contributed by atoms with van der Waals surface area (Å²) in [4.78, 5) is 27.8. The Morgan fingerprint density at radius 1 is 1.26 bits per heavy atom. The molecule has 1 aromatic carbocycles. The van der Waals surface area contributed by atoms with Crippen molar-refractivity contribution in [2.24, 2.45) is 0 Å². The number of aromatic amines is 1. The Balaban J connectivity index is 2.10. The molecule has 1 N–H and O–H groups in total. The lowest BCUT2D eigenvalue weighted by Gasteiger charge is -2.18. The van der Waals surface area contributed by atoms with E-state index in [4.69, 9.17) is 4.74 Å². The molecule has 0 bridgehead atoms. The molecule has 0 radical (unpaired) electrons. The van der Waals surface area contributed by atoms with E-state index in [1.807, 2.05) is 52.0 Å². The average molecular weight is 333 g/mol. The van der Waals surface area contributed by atoms with E-state index in [2.05, 4.69) is 4.98 Å². The second-order valence-corrected chi connectivity index (χ2v) is 8.37. The number of para-hydroxylation sites is 1.